The van der Waals surface area contributed by atoms with Crippen LogP contribution in [0.3, 0.4) is 0 Å². The van der Waals surface area contributed by atoms with Crippen LogP contribution in [-0.2, 0) is 0 Å². The average molecular weight is 333 g/mol. The first-order chi connectivity index (χ1) is 11.1. The van der Waals surface area contributed by atoms with Gasteiger partial charge < -0.3 is 10.5 Å². The highest BCUT2D eigenvalue weighted by atomic mass is 32.1. The molecule has 0 aliphatic rings. The van der Waals surface area contributed by atoms with Gasteiger partial charge in [-0.2, -0.15) is 9.78 Å². The van der Waals surface area contributed by atoms with E-state index in [0.29, 0.717) is 11.4 Å². The molecule has 2 heterocycles. The van der Waals surface area contributed by atoms with Crippen LogP contribution in [-0.4, -0.2) is 29.3 Å². The van der Waals surface area contributed by atoms with Gasteiger partial charge in [0.1, 0.15) is 11.4 Å². The van der Waals surface area contributed by atoms with Crippen molar-refractivity contribution in [1.82, 2.24) is 9.78 Å². The molecule has 2 aromatic heterocycles. The van der Waals surface area contributed by atoms with Crippen molar-refractivity contribution in [1.29, 1.82) is 0 Å². The number of carbonyl (C=O) groups is 1. The summed E-state index contributed by atoms with van der Waals surface area (Å²) >= 11 is 1.11. The molecule has 0 aliphatic carbocycles. The molecule has 0 saturated heterocycles. The standard InChI is InChI=1S/C15H12FN3O3S/c1-22-9-4-2-8(3-5-9)19-15(21)12-10(7-23-14(12)17)13(18-19)11(20)6-16/h2-5,7H,6,17H2,1H3. The third kappa shape index (κ3) is 2.46. The van der Waals surface area contributed by atoms with E-state index in [2.05, 4.69) is 5.10 Å². The molecule has 0 spiro atoms. The number of rotatable bonds is 4. The summed E-state index contributed by atoms with van der Waals surface area (Å²) in [5.74, 6) is -0.187. The highest BCUT2D eigenvalue weighted by molar-refractivity contribution is 7.15. The maximum Gasteiger partial charge on any atom is 0.282 e. The summed E-state index contributed by atoms with van der Waals surface area (Å²) in [5.41, 5.74) is 5.69. The second-order valence-corrected chi connectivity index (χ2v) is 5.62. The Kier molecular flexibility index (Phi) is 3.83. The molecule has 0 saturated carbocycles. The monoisotopic (exact) mass is 333 g/mol. The van der Waals surface area contributed by atoms with Crippen LogP contribution in [0.4, 0.5) is 9.39 Å². The number of ketones is 1. The number of anilines is 1. The lowest BCUT2D eigenvalue weighted by molar-refractivity contribution is 0.0954. The van der Waals surface area contributed by atoms with Crippen molar-refractivity contribution in [3.63, 3.8) is 0 Å². The van der Waals surface area contributed by atoms with Gasteiger partial charge in [-0.25, -0.2) is 4.39 Å². The van der Waals surface area contributed by atoms with E-state index in [4.69, 9.17) is 10.5 Å². The maximum absolute atomic E-state index is 12.8. The number of nitrogens with zero attached hydrogens (tertiary/aromatic N) is 2. The van der Waals surface area contributed by atoms with Crippen LogP contribution in [0.5, 0.6) is 5.75 Å². The number of carbonyl (C=O) groups excluding carboxylic acids is 1. The van der Waals surface area contributed by atoms with E-state index in [1.165, 1.54) is 7.11 Å². The largest absolute Gasteiger partial charge is 0.497 e. The molecule has 0 radical (unpaired) electrons. The number of hydrogen-bond acceptors (Lipinski definition) is 6. The first kappa shape index (κ1) is 15.2. The lowest BCUT2D eigenvalue weighted by Gasteiger charge is -2.08. The van der Waals surface area contributed by atoms with Crippen molar-refractivity contribution in [3.05, 3.63) is 45.7 Å². The van der Waals surface area contributed by atoms with E-state index in [1.807, 2.05) is 0 Å². The third-order valence-corrected chi connectivity index (χ3v) is 4.19. The summed E-state index contributed by atoms with van der Waals surface area (Å²) in [5, 5.41) is 6.30. The molecule has 23 heavy (non-hydrogen) atoms. The van der Waals surface area contributed by atoms with Gasteiger partial charge in [-0.3, -0.25) is 9.59 Å². The first-order valence-electron chi connectivity index (χ1n) is 6.60. The highest BCUT2D eigenvalue weighted by Gasteiger charge is 2.20. The lowest BCUT2D eigenvalue weighted by Crippen LogP contribution is -2.24. The van der Waals surface area contributed by atoms with E-state index in [9.17, 15) is 14.0 Å². The summed E-state index contributed by atoms with van der Waals surface area (Å²) in [4.78, 5) is 24.4. The molecule has 6 nitrogen and oxygen atoms in total. The molecule has 118 valence electrons. The van der Waals surface area contributed by atoms with E-state index in [1.54, 1.807) is 29.6 Å². The Hall–Kier alpha value is -2.74. The molecule has 0 aliphatic heterocycles. The van der Waals surface area contributed by atoms with Gasteiger partial charge in [0.15, 0.2) is 6.67 Å². The van der Waals surface area contributed by atoms with Crippen molar-refractivity contribution in [2.75, 3.05) is 19.5 Å². The highest BCUT2D eigenvalue weighted by Crippen LogP contribution is 2.27. The molecule has 1 aromatic carbocycles. The van der Waals surface area contributed by atoms with Gasteiger partial charge in [0.05, 0.1) is 23.2 Å². The SMILES string of the molecule is COc1ccc(-n2nc(C(=O)CF)c3csc(N)c3c2=O)cc1. The number of halogens is 1. The smallest absolute Gasteiger partial charge is 0.282 e. The Morgan fingerprint density at radius 3 is 2.70 bits per heavy atom. The minimum atomic E-state index is -1.20. The molecule has 0 amide bonds. The van der Waals surface area contributed by atoms with Gasteiger partial charge in [0.2, 0.25) is 5.78 Å². The minimum absolute atomic E-state index is 0.106. The van der Waals surface area contributed by atoms with Gasteiger partial charge in [-0.1, -0.05) is 0 Å². The molecule has 8 heteroatoms. The molecule has 3 rings (SSSR count). The van der Waals surface area contributed by atoms with Crippen LogP contribution in [0.2, 0.25) is 0 Å². The molecule has 0 bridgehead atoms. The Morgan fingerprint density at radius 1 is 1.39 bits per heavy atom. The maximum atomic E-state index is 12.8. The molecular weight excluding hydrogens is 321 g/mol. The van der Waals surface area contributed by atoms with Crippen molar-refractivity contribution < 1.29 is 13.9 Å². The van der Waals surface area contributed by atoms with Gasteiger partial charge in [0, 0.05) is 10.8 Å². The summed E-state index contributed by atoms with van der Waals surface area (Å²) in [6, 6.07) is 6.54. The predicted molar refractivity (Wildman–Crippen MR) is 86.5 cm³/mol. The van der Waals surface area contributed by atoms with E-state index in [-0.39, 0.29) is 21.5 Å². The van der Waals surface area contributed by atoms with Gasteiger partial charge in [0.25, 0.3) is 5.56 Å². The van der Waals surface area contributed by atoms with E-state index < -0.39 is 18.0 Å². The summed E-state index contributed by atoms with van der Waals surface area (Å²) < 4.78 is 18.9. The number of nitrogens with two attached hydrogens (primary N) is 1. The van der Waals surface area contributed by atoms with Crippen LogP contribution in [0.1, 0.15) is 10.5 Å². The topological polar surface area (TPSA) is 87.2 Å². The van der Waals surface area contributed by atoms with Crippen LogP contribution in [0.15, 0.2) is 34.4 Å². The first-order valence-corrected chi connectivity index (χ1v) is 7.48. The van der Waals surface area contributed by atoms with Crippen molar-refractivity contribution >= 4 is 32.9 Å². The summed E-state index contributed by atoms with van der Waals surface area (Å²) in [7, 11) is 1.52. The number of ether oxygens (including phenoxy) is 1. The fourth-order valence-corrected chi connectivity index (χ4v) is 3.03. The minimum Gasteiger partial charge on any atom is -0.497 e. The van der Waals surface area contributed by atoms with Crippen LogP contribution in [0.25, 0.3) is 16.5 Å². The Bertz CT molecular complexity index is 947. The fourth-order valence-electron chi connectivity index (χ4n) is 2.24. The molecule has 2 N–H and O–H groups in total. The number of fused-ring (bicyclic) bond motifs is 1. The number of nitrogen functional groups attached to an aromatic ring is 1. The zero-order valence-electron chi connectivity index (χ0n) is 12.1. The summed E-state index contributed by atoms with van der Waals surface area (Å²) in [6.45, 7) is -1.20. The predicted octanol–water partition coefficient (Wildman–Crippen LogP) is 2.19. The number of thiophene rings is 1. The molecule has 3 aromatic rings. The van der Waals surface area contributed by atoms with Crippen LogP contribution < -0.4 is 16.0 Å². The molecule has 0 unspecified atom stereocenters. The number of hydrogen-bond donors (Lipinski definition) is 1. The zero-order valence-corrected chi connectivity index (χ0v) is 12.9. The van der Waals surface area contributed by atoms with Crippen LogP contribution in [0, 0.1) is 0 Å². The molecule has 0 fully saturated rings. The quantitative estimate of drug-likeness (QED) is 0.740. The number of alkyl halides is 1. The lowest BCUT2D eigenvalue weighted by atomic mass is 10.1. The van der Waals surface area contributed by atoms with Crippen molar-refractivity contribution in [2.45, 2.75) is 0 Å². The van der Waals surface area contributed by atoms with Crippen LogP contribution >= 0.6 is 11.3 Å². The van der Waals surface area contributed by atoms with E-state index >= 15 is 0 Å². The normalized spacial score (nSPS) is 10.9. The number of benzene rings is 1. The van der Waals surface area contributed by atoms with Gasteiger partial charge in [-0.05, 0) is 24.3 Å². The van der Waals surface area contributed by atoms with Gasteiger partial charge >= 0.3 is 0 Å². The number of aromatic nitrogens is 2. The Morgan fingerprint density at radius 2 is 2.09 bits per heavy atom. The molecular formula is C15H12FN3O3S. The fraction of sp³-hybridized carbons (Fsp3) is 0.133. The zero-order chi connectivity index (χ0) is 16.6. The van der Waals surface area contributed by atoms with Gasteiger partial charge in [-0.15, -0.1) is 11.3 Å². The van der Waals surface area contributed by atoms with E-state index in [0.717, 1.165) is 16.0 Å². The Balaban J connectivity index is 2.31. The Labute approximate surface area is 133 Å². The van der Waals surface area contributed by atoms with Crippen molar-refractivity contribution in [3.8, 4) is 11.4 Å². The average Bonchev–Trinajstić information content (AvgIpc) is 2.97. The number of methoxy groups -OCH3 is 1. The van der Waals surface area contributed by atoms with Crippen molar-refractivity contribution in [2.24, 2.45) is 0 Å². The third-order valence-electron chi connectivity index (χ3n) is 3.38. The summed E-state index contributed by atoms with van der Waals surface area (Å²) in [6.07, 6.45) is 0. The second-order valence-electron chi connectivity index (χ2n) is 4.71. The second kappa shape index (κ2) is 5.81. The molecule has 0 atom stereocenters. The number of Topliss-reactive ketones (excluding diaryl/α,β-unsaturated/α-hetero) is 1.